The Kier molecular flexibility index (Phi) is 9.80. The quantitative estimate of drug-likeness (QED) is 0.0599. The van der Waals surface area contributed by atoms with Crippen LogP contribution in [0, 0.1) is 0 Å². The lowest BCUT2D eigenvalue weighted by atomic mass is 9.76. The lowest BCUT2D eigenvalue weighted by molar-refractivity contribution is -0.122. The second kappa shape index (κ2) is 14.7. The number of nitrogens with zero attached hydrogens (tertiary/aromatic N) is 2. The topological polar surface area (TPSA) is 163 Å². The summed E-state index contributed by atoms with van der Waals surface area (Å²) in [6.07, 6.45) is 3.88. The Bertz CT molecular complexity index is 1990. The number of hydrogen-bond donors (Lipinski definition) is 6. The van der Waals surface area contributed by atoms with E-state index in [0.717, 1.165) is 16.7 Å². The maximum atomic E-state index is 13.9. The Balaban J connectivity index is 1.39. The summed E-state index contributed by atoms with van der Waals surface area (Å²) < 4.78 is 2.05. The van der Waals surface area contributed by atoms with Crippen molar-refractivity contribution < 1.29 is 24.9 Å². The summed E-state index contributed by atoms with van der Waals surface area (Å²) in [5.41, 5.74) is 9.49. The van der Waals surface area contributed by atoms with Gasteiger partial charge in [-0.15, -0.1) is 0 Å². The number of carbonyl (C=O) groups excluding carboxylic acids is 2. The number of imidazole rings is 1. The summed E-state index contributed by atoms with van der Waals surface area (Å²) in [6.45, 7) is 0.197. The van der Waals surface area contributed by atoms with Gasteiger partial charge in [0.2, 0.25) is 5.91 Å². The number of aromatic hydroxyl groups is 3. The summed E-state index contributed by atoms with van der Waals surface area (Å²) in [5, 5.41) is 35.3. The van der Waals surface area contributed by atoms with Crippen molar-refractivity contribution in [3.05, 3.63) is 173 Å². The number of nitrogens with one attached hydrogen (secondary N) is 2. The Morgan fingerprint density at radius 1 is 0.740 bits per heavy atom. The Morgan fingerprint density at radius 3 is 1.88 bits per heavy atom. The summed E-state index contributed by atoms with van der Waals surface area (Å²) in [6, 6.07) is 37.7. The first-order chi connectivity index (χ1) is 24.3. The Morgan fingerprint density at radius 2 is 1.32 bits per heavy atom. The molecule has 0 unspecified atom stereocenters. The molecule has 0 aliphatic carbocycles. The molecule has 10 nitrogen and oxygen atoms in total. The van der Waals surface area contributed by atoms with E-state index >= 15 is 0 Å². The highest BCUT2D eigenvalue weighted by molar-refractivity contribution is 5.98. The minimum absolute atomic E-state index is 0.0345. The monoisotopic (exact) mass is 667 g/mol. The van der Waals surface area contributed by atoms with Gasteiger partial charge in [-0.1, -0.05) is 97.1 Å². The van der Waals surface area contributed by atoms with Crippen LogP contribution in [-0.4, -0.2) is 49.3 Å². The number of nitrogen functional groups attached to an aromatic ring is 1. The van der Waals surface area contributed by atoms with Gasteiger partial charge in [0.05, 0.1) is 12.0 Å². The fraction of sp³-hybridized carbons (Fsp3) is 0.125. The zero-order chi connectivity index (χ0) is 35.1. The summed E-state index contributed by atoms with van der Waals surface area (Å²) in [4.78, 5) is 32.1. The second-order valence-electron chi connectivity index (χ2n) is 11.9. The number of aromatic nitrogens is 2. The molecule has 0 aliphatic rings. The van der Waals surface area contributed by atoms with Crippen molar-refractivity contribution >= 4 is 17.5 Å². The first-order valence-corrected chi connectivity index (χ1v) is 16.1. The van der Waals surface area contributed by atoms with Crippen LogP contribution in [0.5, 0.6) is 17.2 Å². The van der Waals surface area contributed by atoms with Gasteiger partial charge in [-0.3, -0.25) is 9.59 Å². The van der Waals surface area contributed by atoms with E-state index in [0.29, 0.717) is 17.7 Å². The maximum Gasteiger partial charge on any atom is 0.252 e. The van der Waals surface area contributed by atoms with Gasteiger partial charge < -0.3 is 36.3 Å². The van der Waals surface area contributed by atoms with Crippen LogP contribution in [0.15, 0.2) is 140 Å². The van der Waals surface area contributed by atoms with Gasteiger partial charge >= 0.3 is 0 Å². The molecule has 0 saturated heterocycles. The Hall–Kier alpha value is -6.55. The third-order valence-corrected chi connectivity index (χ3v) is 8.73. The number of phenols is 3. The van der Waals surface area contributed by atoms with E-state index in [1.807, 2.05) is 54.6 Å². The fourth-order valence-electron chi connectivity index (χ4n) is 6.26. The molecule has 0 spiro atoms. The van der Waals surface area contributed by atoms with Crippen molar-refractivity contribution in [3.63, 3.8) is 0 Å². The summed E-state index contributed by atoms with van der Waals surface area (Å²) >= 11 is 0. The van der Waals surface area contributed by atoms with Crippen LogP contribution in [0.2, 0.25) is 0 Å². The minimum atomic E-state index is -1.05. The molecule has 0 fully saturated rings. The van der Waals surface area contributed by atoms with Crippen molar-refractivity contribution in [2.24, 2.45) is 0 Å². The lowest BCUT2D eigenvalue weighted by Gasteiger charge is -2.39. The zero-order valence-corrected chi connectivity index (χ0v) is 27.1. The van der Waals surface area contributed by atoms with Crippen LogP contribution in [0.25, 0.3) is 0 Å². The fourth-order valence-corrected chi connectivity index (χ4v) is 6.26. The highest BCUT2D eigenvalue weighted by atomic mass is 16.3. The van der Waals surface area contributed by atoms with Gasteiger partial charge in [-0.25, -0.2) is 4.98 Å². The summed E-state index contributed by atoms with van der Waals surface area (Å²) in [7, 11) is 0. The number of nitrogens with two attached hydrogens (primary N) is 1. The number of rotatable bonds is 12. The van der Waals surface area contributed by atoms with E-state index < -0.39 is 23.4 Å². The normalized spacial score (nSPS) is 11.8. The molecular weight excluding hydrogens is 630 g/mol. The minimum Gasteiger partial charge on any atom is -0.506 e. The molecule has 0 aliphatic heterocycles. The van der Waals surface area contributed by atoms with Gasteiger partial charge in [0, 0.05) is 30.4 Å². The van der Waals surface area contributed by atoms with Crippen LogP contribution >= 0.6 is 0 Å². The standard InChI is InChI=1S/C40H37N5O5/c41-33-23-28(17-19-35(33)46)38(49)44-34(39(50)43-21-20-27-16-18-36(47)37(48)22-27)24-32-25-42-26-45(32)40(29-10-4-1-5-11-29,30-12-6-2-7-13-30)31-14-8-3-9-15-31/h1-19,22-23,25-26,34,46-48H,20-21,24,41H2,(H,43,50)(H,44,49)/t34-/m1/s1. The van der Waals surface area contributed by atoms with Gasteiger partial charge in [0.25, 0.3) is 5.91 Å². The van der Waals surface area contributed by atoms with Gasteiger partial charge in [0.15, 0.2) is 11.5 Å². The van der Waals surface area contributed by atoms with Crippen molar-refractivity contribution in [2.45, 2.75) is 24.4 Å². The number of amides is 2. The van der Waals surface area contributed by atoms with E-state index in [9.17, 15) is 24.9 Å². The van der Waals surface area contributed by atoms with E-state index in [4.69, 9.17) is 5.73 Å². The summed E-state index contributed by atoms with van der Waals surface area (Å²) in [5.74, 6) is -1.62. The average molecular weight is 668 g/mol. The molecular formula is C40H37N5O5. The van der Waals surface area contributed by atoms with E-state index in [1.165, 1.54) is 30.3 Å². The van der Waals surface area contributed by atoms with Crippen LogP contribution in [0.3, 0.4) is 0 Å². The molecule has 0 bridgehead atoms. The molecule has 0 saturated carbocycles. The van der Waals surface area contributed by atoms with Crippen LogP contribution in [-0.2, 0) is 23.2 Å². The van der Waals surface area contributed by atoms with Crippen LogP contribution in [0.4, 0.5) is 5.69 Å². The molecule has 10 heteroatoms. The van der Waals surface area contributed by atoms with Crippen molar-refractivity contribution in [3.8, 4) is 17.2 Å². The van der Waals surface area contributed by atoms with Crippen LogP contribution in [0.1, 0.15) is 38.3 Å². The second-order valence-corrected chi connectivity index (χ2v) is 11.9. The molecule has 7 N–H and O–H groups in total. The lowest BCUT2D eigenvalue weighted by Crippen LogP contribution is -2.49. The maximum absolute atomic E-state index is 13.9. The van der Waals surface area contributed by atoms with E-state index in [-0.39, 0.29) is 41.5 Å². The molecule has 6 rings (SSSR count). The SMILES string of the molecule is Nc1cc(C(=O)N[C@H](Cc2cncn2C(c2ccccc2)(c2ccccc2)c2ccccc2)C(=O)NCCc2ccc(O)c(O)c2)ccc1O. The molecule has 1 aromatic heterocycles. The highest BCUT2D eigenvalue weighted by Crippen LogP contribution is 2.41. The highest BCUT2D eigenvalue weighted by Gasteiger charge is 2.40. The molecule has 6 aromatic rings. The molecule has 0 radical (unpaired) electrons. The molecule has 2 amide bonds. The van der Waals surface area contributed by atoms with E-state index in [1.54, 1.807) is 18.6 Å². The number of hydrogen-bond acceptors (Lipinski definition) is 7. The first kappa shape index (κ1) is 33.4. The first-order valence-electron chi connectivity index (χ1n) is 16.1. The third-order valence-electron chi connectivity index (χ3n) is 8.73. The molecule has 5 aromatic carbocycles. The smallest absolute Gasteiger partial charge is 0.252 e. The zero-order valence-electron chi connectivity index (χ0n) is 27.1. The molecule has 1 atom stereocenters. The Labute approximate surface area is 289 Å². The van der Waals surface area contributed by atoms with Crippen LogP contribution < -0.4 is 16.4 Å². The molecule has 50 heavy (non-hydrogen) atoms. The van der Waals surface area contributed by atoms with Crippen molar-refractivity contribution in [2.75, 3.05) is 12.3 Å². The molecule has 1 heterocycles. The number of carbonyl (C=O) groups is 2. The number of benzene rings is 5. The molecule has 252 valence electrons. The van der Waals surface area contributed by atoms with Gasteiger partial charge in [-0.05, 0) is 59.0 Å². The van der Waals surface area contributed by atoms with E-state index in [2.05, 4.69) is 56.6 Å². The van der Waals surface area contributed by atoms with Gasteiger partial charge in [0.1, 0.15) is 17.3 Å². The van der Waals surface area contributed by atoms with Gasteiger partial charge in [-0.2, -0.15) is 0 Å². The van der Waals surface area contributed by atoms with Crippen molar-refractivity contribution in [1.82, 2.24) is 20.2 Å². The predicted octanol–water partition coefficient (Wildman–Crippen LogP) is 5.12. The average Bonchev–Trinajstić information content (AvgIpc) is 3.60. The largest absolute Gasteiger partial charge is 0.506 e. The predicted molar refractivity (Wildman–Crippen MR) is 191 cm³/mol. The number of phenolic OH excluding ortho intramolecular Hbond substituents is 3. The number of anilines is 1. The third kappa shape index (κ3) is 6.86. The van der Waals surface area contributed by atoms with Crippen molar-refractivity contribution in [1.29, 1.82) is 0 Å².